The van der Waals surface area contributed by atoms with Gasteiger partial charge in [0.2, 0.25) is 0 Å². The summed E-state index contributed by atoms with van der Waals surface area (Å²) in [5, 5.41) is -0.00787. The van der Waals surface area contributed by atoms with Gasteiger partial charge in [-0.05, 0) is 6.07 Å². The summed E-state index contributed by atoms with van der Waals surface area (Å²) in [5.41, 5.74) is -0.155. The van der Waals surface area contributed by atoms with E-state index in [1.165, 1.54) is 12.3 Å². The number of halogens is 4. The molecule has 20 heavy (non-hydrogen) atoms. The van der Waals surface area contributed by atoms with Crippen LogP contribution in [0.2, 0.25) is 5.02 Å². The van der Waals surface area contributed by atoms with E-state index >= 15 is 0 Å². The van der Waals surface area contributed by atoms with Crippen LogP contribution in [0, 0.1) is 17.5 Å². The van der Waals surface area contributed by atoms with E-state index in [-0.39, 0.29) is 22.8 Å². The molecule has 1 N–H and O–H groups in total. The van der Waals surface area contributed by atoms with Crippen molar-refractivity contribution in [2.75, 3.05) is 4.72 Å². The van der Waals surface area contributed by atoms with Gasteiger partial charge >= 0.3 is 0 Å². The number of hydrogen-bond donors (Lipinski definition) is 1. The lowest BCUT2D eigenvalue weighted by Gasteiger charge is -2.10. The average Bonchev–Trinajstić information content (AvgIpc) is 2.30. The maximum absolute atomic E-state index is 13.5. The maximum Gasteiger partial charge on any atom is 0.267 e. The van der Waals surface area contributed by atoms with Gasteiger partial charge in [0, 0.05) is 18.3 Å². The topological polar surface area (TPSA) is 59.1 Å². The van der Waals surface area contributed by atoms with E-state index in [0.717, 1.165) is 6.20 Å². The summed E-state index contributed by atoms with van der Waals surface area (Å²) in [6, 6.07) is 1.82. The van der Waals surface area contributed by atoms with Crippen LogP contribution in [0.25, 0.3) is 0 Å². The number of benzene rings is 1. The molecule has 0 aliphatic heterocycles. The SMILES string of the molecule is O=S(=O)(Nc1cnccc1Cl)c1c(F)cc(F)cc1F. The van der Waals surface area contributed by atoms with Gasteiger partial charge < -0.3 is 0 Å². The summed E-state index contributed by atoms with van der Waals surface area (Å²) in [5.74, 6) is -4.32. The molecule has 0 amide bonds. The van der Waals surface area contributed by atoms with Crippen molar-refractivity contribution >= 4 is 27.3 Å². The number of pyridine rings is 1. The molecule has 0 radical (unpaired) electrons. The van der Waals surface area contributed by atoms with Crippen LogP contribution in [0.15, 0.2) is 35.5 Å². The monoisotopic (exact) mass is 322 g/mol. The number of nitrogens with zero attached hydrogens (tertiary/aromatic N) is 1. The molecule has 0 saturated heterocycles. The first-order valence-corrected chi connectivity index (χ1v) is 6.94. The summed E-state index contributed by atoms with van der Waals surface area (Å²) in [4.78, 5) is 2.33. The van der Waals surface area contributed by atoms with Gasteiger partial charge in [0.15, 0.2) is 4.90 Å². The second-order valence-corrected chi connectivity index (χ2v) is 5.69. The number of hydrogen-bond acceptors (Lipinski definition) is 3. The number of anilines is 1. The van der Waals surface area contributed by atoms with E-state index in [1.807, 2.05) is 4.72 Å². The maximum atomic E-state index is 13.5. The van der Waals surface area contributed by atoms with Crippen molar-refractivity contribution in [2.45, 2.75) is 4.90 Å². The van der Waals surface area contributed by atoms with Crippen LogP contribution < -0.4 is 4.72 Å². The highest BCUT2D eigenvalue weighted by molar-refractivity contribution is 7.92. The molecular weight excluding hydrogens is 317 g/mol. The molecule has 106 valence electrons. The molecule has 0 aliphatic carbocycles. The Kier molecular flexibility index (Phi) is 3.87. The van der Waals surface area contributed by atoms with Crippen molar-refractivity contribution in [3.8, 4) is 0 Å². The van der Waals surface area contributed by atoms with E-state index in [2.05, 4.69) is 4.98 Å². The smallest absolute Gasteiger partial charge is 0.267 e. The minimum Gasteiger partial charge on any atom is -0.276 e. The summed E-state index contributed by atoms with van der Waals surface area (Å²) in [6.45, 7) is 0. The van der Waals surface area contributed by atoms with Crippen LogP contribution >= 0.6 is 11.6 Å². The quantitative estimate of drug-likeness (QED) is 0.945. The lowest BCUT2D eigenvalue weighted by atomic mass is 10.3. The Morgan fingerprint density at radius 1 is 1.15 bits per heavy atom. The van der Waals surface area contributed by atoms with Gasteiger partial charge in [-0.25, -0.2) is 21.6 Å². The number of sulfonamides is 1. The molecule has 0 saturated carbocycles. The van der Waals surface area contributed by atoms with Gasteiger partial charge in [-0.15, -0.1) is 0 Å². The molecule has 0 bridgehead atoms. The van der Waals surface area contributed by atoms with Crippen molar-refractivity contribution in [3.05, 3.63) is 53.1 Å². The number of aromatic nitrogens is 1. The standard InChI is InChI=1S/C11H6ClF3N2O2S/c12-7-1-2-16-5-10(7)17-20(18,19)11-8(14)3-6(13)4-9(11)15/h1-5,17H. The van der Waals surface area contributed by atoms with E-state index in [9.17, 15) is 21.6 Å². The molecule has 0 atom stereocenters. The van der Waals surface area contributed by atoms with E-state index < -0.39 is 32.4 Å². The molecule has 1 heterocycles. The molecule has 1 aromatic heterocycles. The second kappa shape index (κ2) is 5.29. The van der Waals surface area contributed by atoms with Crippen LogP contribution in [-0.2, 0) is 10.0 Å². The Balaban J connectivity index is 2.50. The van der Waals surface area contributed by atoms with Gasteiger partial charge in [-0.2, -0.15) is 0 Å². The van der Waals surface area contributed by atoms with Gasteiger partial charge in [-0.3, -0.25) is 9.71 Å². The molecule has 2 rings (SSSR count). The predicted octanol–water partition coefficient (Wildman–Crippen LogP) is 2.95. The van der Waals surface area contributed by atoms with Crippen molar-refractivity contribution in [3.63, 3.8) is 0 Å². The highest BCUT2D eigenvalue weighted by atomic mass is 35.5. The highest BCUT2D eigenvalue weighted by Crippen LogP contribution is 2.26. The fourth-order valence-corrected chi connectivity index (χ4v) is 2.83. The molecule has 9 heteroatoms. The highest BCUT2D eigenvalue weighted by Gasteiger charge is 2.25. The van der Waals surface area contributed by atoms with Crippen LogP contribution in [-0.4, -0.2) is 13.4 Å². The molecule has 0 aliphatic rings. The molecule has 2 aromatic rings. The second-order valence-electron chi connectivity index (χ2n) is 3.66. The fraction of sp³-hybridized carbons (Fsp3) is 0. The Morgan fingerprint density at radius 3 is 2.30 bits per heavy atom. The van der Waals surface area contributed by atoms with Gasteiger partial charge in [-0.1, -0.05) is 11.6 Å². The number of nitrogens with one attached hydrogen (secondary N) is 1. The molecule has 1 aromatic carbocycles. The third kappa shape index (κ3) is 2.86. The normalized spacial score (nSPS) is 11.4. The van der Waals surface area contributed by atoms with Crippen molar-refractivity contribution in [1.29, 1.82) is 0 Å². The lowest BCUT2D eigenvalue weighted by molar-refractivity contribution is 0.498. The molecular formula is C11H6ClF3N2O2S. The van der Waals surface area contributed by atoms with Crippen LogP contribution in [0.4, 0.5) is 18.9 Å². The van der Waals surface area contributed by atoms with Crippen molar-refractivity contribution in [1.82, 2.24) is 4.98 Å². The molecule has 4 nitrogen and oxygen atoms in total. The first-order chi connectivity index (χ1) is 9.31. The summed E-state index contributed by atoms with van der Waals surface area (Å²) in [7, 11) is -4.61. The predicted molar refractivity (Wildman–Crippen MR) is 66.4 cm³/mol. The zero-order chi connectivity index (χ0) is 14.9. The molecule has 0 unspecified atom stereocenters. The summed E-state index contributed by atoms with van der Waals surface area (Å²) in [6.07, 6.45) is 2.37. The Morgan fingerprint density at radius 2 is 1.75 bits per heavy atom. The first kappa shape index (κ1) is 14.6. The van der Waals surface area contributed by atoms with E-state index in [4.69, 9.17) is 11.6 Å². The third-order valence-electron chi connectivity index (χ3n) is 2.24. The minimum absolute atomic E-state index is 0.00787. The fourth-order valence-electron chi connectivity index (χ4n) is 1.43. The zero-order valence-corrected chi connectivity index (χ0v) is 11.1. The van der Waals surface area contributed by atoms with Crippen LogP contribution in [0.1, 0.15) is 0 Å². The summed E-state index contributed by atoms with van der Waals surface area (Å²) >= 11 is 5.71. The van der Waals surface area contributed by atoms with Crippen molar-refractivity contribution < 1.29 is 21.6 Å². The Bertz CT molecular complexity index is 745. The molecule has 0 fully saturated rings. The van der Waals surface area contributed by atoms with E-state index in [1.54, 1.807) is 0 Å². The van der Waals surface area contributed by atoms with E-state index in [0.29, 0.717) is 0 Å². The molecule has 0 spiro atoms. The largest absolute Gasteiger partial charge is 0.276 e. The minimum atomic E-state index is -4.61. The average molecular weight is 323 g/mol. The summed E-state index contributed by atoms with van der Waals surface area (Å²) < 4.78 is 65.4. The zero-order valence-electron chi connectivity index (χ0n) is 9.57. The van der Waals surface area contributed by atoms with Gasteiger partial charge in [0.25, 0.3) is 10.0 Å². The Hall–Kier alpha value is -1.80. The third-order valence-corrected chi connectivity index (χ3v) is 3.99. The van der Waals surface area contributed by atoms with Crippen molar-refractivity contribution in [2.24, 2.45) is 0 Å². The van der Waals surface area contributed by atoms with Crippen LogP contribution in [0.5, 0.6) is 0 Å². The lowest BCUT2D eigenvalue weighted by Crippen LogP contribution is -2.17. The first-order valence-electron chi connectivity index (χ1n) is 5.08. The number of rotatable bonds is 3. The Labute approximate surface area is 117 Å². The van der Waals surface area contributed by atoms with Gasteiger partial charge in [0.1, 0.15) is 17.5 Å². The van der Waals surface area contributed by atoms with Gasteiger partial charge in [0.05, 0.1) is 16.9 Å². The van der Waals surface area contributed by atoms with Crippen LogP contribution in [0.3, 0.4) is 0 Å².